The standard InChI is InChI=1S/C12H14N2S.2ClH/c1-8-5-10(3-4-11(8)6-13)12-9(2)14-7-15-12;;/h3-5,7H,6,13H2,1-2H3;2*1H. The van der Waals surface area contributed by atoms with E-state index in [4.69, 9.17) is 5.73 Å². The first-order chi connectivity index (χ1) is 7.22. The Morgan fingerprint density at radius 1 is 1.24 bits per heavy atom. The largest absolute Gasteiger partial charge is 0.326 e. The maximum atomic E-state index is 5.64. The molecule has 17 heavy (non-hydrogen) atoms. The Balaban J connectivity index is 0.00000128. The van der Waals surface area contributed by atoms with Crippen LogP contribution in [0, 0.1) is 13.8 Å². The van der Waals surface area contributed by atoms with Gasteiger partial charge in [0.25, 0.3) is 0 Å². The molecule has 2 nitrogen and oxygen atoms in total. The Morgan fingerprint density at radius 3 is 2.41 bits per heavy atom. The molecule has 1 heterocycles. The molecular weight excluding hydrogens is 275 g/mol. The summed E-state index contributed by atoms with van der Waals surface area (Å²) in [5.74, 6) is 0. The number of benzene rings is 1. The second-order valence-corrected chi connectivity index (χ2v) is 4.47. The van der Waals surface area contributed by atoms with Crippen LogP contribution >= 0.6 is 36.2 Å². The molecule has 0 radical (unpaired) electrons. The molecule has 0 atom stereocenters. The van der Waals surface area contributed by atoms with Gasteiger partial charge in [-0.1, -0.05) is 18.2 Å². The first kappa shape index (κ1) is 16.4. The highest BCUT2D eigenvalue weighted by atomic mass is 35.5. The predicted molar refractivity (Wildman–Crippen MR) is 79.4 cm³/mol. The predicted octanol–water partition coefficient (Wildman–Crippen LogP) is 3.73. The Morgan fingerprint density at radius 2 is 1.94 bits per heavy atom. The fourth-order valence-electron chi connectivity index (χ4n) is 1.65. The maximum absolute atomic E-state index is 5.64. The third-order valence-corrected chi connectivity index (χ3v) is 3.55. The summed E-state index contributed by atoms with van der Waals surface area (Å²) in [5, 5.41) is 0. The van der Waals surface area contributed by atoms with Gasteiger partial charge in [0.1, 0.15) is 0 Å². The summed E-state index contributed by atoms with van der Waals surface area (Å²) in [6, 6.07) is 6.40. The molecule has 1 aromatic carbocycles. The Hall–Kier alpha value is -0.610. The molecule has 0 saturated heterocycles. The van der Waals surface area contributed by atoms with Gasteiger partial charge in [-0.2, -0.15) is 0 Å². The molecule has 2 rings (SSSR count). The monoisotopic (exact) mass is 290 g/mol. The molecule has 0 unspecified atom stereocenters. The third kappa shape index (κ3) is 3.42. The summed E-state index contributed by atoms with van der Waals surface area (Å²) in [7, 11) is 0. The van der Waals surface area contributed by atoms with Crippen molar-refractivity contribution >= 4 is 36.2 Å². The summed E-state index contributed by atoms with van der Waals surface area (Å²) in [5.41, 5.74) is 12.3. The molecule has 0 aliphatic rings. The Kier molecular flexibility index (Phi) is 6.72. The van der Waals surface area contributed by atoms with Crippen LogP contribution in [0.1, 0.15) is 16.8 Å². The summed E-state index contributed by atoms with van der Waals surface area (Å²) in [6.07, 6.45) is 0. The lowest BCUT2D eigenvalue weighted by molar-refractivity contribution is 1.05. The van der Waals surface area contributed by atoms with Crippen LogP contribution in [-0.2, 0) is 6.54 Å². The van der Waals surface area contributed by atoms with E-state index in [1.807, 2.05) is 12.4 Å². The lowest BCUT2D eigenvalue weighted by atomic mass is 10.0. The summed E-state index contributed by atoms with van der Waals surface area (Å²) in [4.78, 5) is 5.51. The van der Waals surface area contributed by atoms with Gasteiger partial charge in [-0.3, -0.25) is 0 Å². The van der Waals surface area contributed by atoms with Crippen molar-refractivity contribution in [3.63, 3.8) is 0 Å². The van der Waals surface area contributed by atoms with Crippen LogP contribution < -0.4 is 5.73 Å². The van der Waals surface area contributed by atoms with E-state index in [9.17, 15) is 0 Å². The van der Waals surface area contributed by atoms with Gasteiger partial charge in [-0.25, -0.2) is 4.98 Å². The van der Waals surface area contributed by atoms with Crippen LogP contribution in [0.5, 0.6) is 0 Å². The van der Waals surface area contributed by atoms with Crippen molar-refractivity contribution in [3.8, 4) is 10.4 Å². The molecule has 0 saturated carbocycles. The van der Waals surface area contributed by atoms with E-state index in [1.54, 1.807) is 11.3 Å². The van der Waals surface area contributed by atoms with Gasteiger partial charge < -0.3 is 5.73 Å². The quantitative estimate of drug-likeness (QED) is 0.915. The van der Waals surface area contributed by atoms with E-state index in [-0.39, 0.29) is 24.8 Å². The van der Waals surface area contributed by atoms with Crippen molar-refractivity contribution in [3.05, 3.63) is 40.5 Å². The molecule has 0 fully saturated rings. The first-order valence-corrected chi connectivity index (χ1v) is 5.80. The van der Waals surface area contributed by atoms with Crippen molar-refractivity contribution < 1.29 is 0 Å². The van der Waals surface area contributed by atoms with E-state index in [0.717, 1.165) is 5.69 Å². The minimum absolute atomic E-state index is 0. The van der Waals surface area contributed by atoms with Crippen LogP contribution in [-0.4, -0.2) is 4.98 Å². The maximum Gasteiger partial charge on any atom is 0.0801 e. The van der Waals surface area contributed by atoms with Crippen molar-refractivity contribution in [1.29, 1.82) is 0 Å². The minimum Gasteiger partial charge on any atom is -0.326 e. The Labute approximate surface area is 118 Å². The molecule has 0 aliphatic carbocycles. The molecular formula is C12H16Cl2N2S. The molecule has 0 bridgehead atoms. The van der Waals surface area contributed by atoms with Crippen molar-refractivity contribution in [1.82, 2.24) is 4.98 Å². The van der Waals surface area contributed by atoms with Gasteiger partial charge in [0, 0.05) is 6.54 Å². The normalized spacial score (nSPS) is 9.35. The molecule has 0 aliphatic heterocycles. The molecule has 0 spiro atoms. The minimum atomic E-state index is 0. The van der Waals surface area contributed by atoms with E-state index in [0.29, 0.717) is 6.54 Å². The fourth-order valence-corrected chi connectivity index (χ4v) is 2.45. The molecule has 0 amide bonds. The smallest absolute Gasteiger partial charge is 0.0801 e. The van der Waals surface area contributed by atoms with Crippen LogP contribution in [0.25, 0.3) is 10.4 Å². The SMILES string of the molecule is Cc1cc(-c2scnc2C)ccc1CN.Cl.Cl. The van der Waals surface area contributed by atoms with Crippen LogP contribution in [0.3, 0.4) is 0 Å². The summed E-state index contributed by atoms with van der Waals surface area (Å²) < 4.78 is 0. The highest BCUT2D eigenvalue weighted by Gasteiger charge is 2.05. The molecule has 94 valence electrons. The van der Waals surface area contributed by atoms with Crippen molar-refractivity contribution in [2.24, 2.45) is 5.73 Å². The van der Waals surface area contributed by atoms with Crippen LogP contribution in [0.15, 0.2) is 23.7 Å². The number of hydrogen-bond acceptors (Lipinski definition) is 3. The first-order valence-electron chi connectivity index (χ1n) is 4.92. The van der Waals surface area contributed by atoms with Gasteiger partial charge >= 0.3 is 0 Å². The number of hydrogen-bond donors (Lipinski definition) is 1. The van der Waals surface area contributed by atoms with Crippen LogP contribution in [0.4, 0.5) is 0 Å². The molecule has 2 N–H and O–H groups in total. The van der Waals surface area contributed by atoms with E-state index in [2.05, 4.69) is 30.1 Å². The van der Waals surface area contributed by atoms with Gasteiger partial charge in [-0.05, 0) is 30.5 Å². The lowest BCUT2D eigenvalue weighted by Crippen LogP contribution is -1.98. The molecule has 1 aromatic heterocycles. The number of thiazole rings is 1. The van der Waals surface area contributed by atoms with E-state index in [1.165, 1.54) is 21.6 Å². The zero-order chi connectivity index (χ0) is 10.8. The van der Waals surface area contributed by atoms with E-state index >= 15 is 0 Å². The fraction of sp³-hybridized carbons (Fsp3) is 0.250. The van der Waals surface area contributed by atoms with Gasteiger partial charge in [-0.15, -0.1) is 36.2 Å². The van der Waals surface area contributed by atoms with Gasteiger partial charge in [0.05, 0.1) is 16.1 Å². The van der Waals surface area contributed by atoms with Crippen molar-refractivity contribution in [2.45, 2.75) is 20.4 Å². The molecule has 2 aromatic rings. The average molecular weight is 291 g/mol. The number of aryl methyl sites for hydroxylation is 2. The number of aromatic nitrogens is 1. The van der Waals surface area contributed by atoms with E-state index < -0.39 is 0 Å². The topological polar surface area (TPSA) is 38.9 Å². The lowest BCUT2D eigenvalue weighted by Gasteiger charge is -2.05. The second kappa shape index (κ2) is 6.97. The Bertz CT molecular complexity index is 483. The zero-order valence-corrected chi connectivity index (χ0v) is 12.2. The zero-order valence-electron chi connectivity index (χ0n) is 9.77. The third-order valence-electron chi connectivity index (χ3n) is 2.57. The van der Waals surface area contributed by atoms with Crippen molar-refractivity contribution in [2.75, 3.05) is 0 Å². The number of halogens is 2. The highest BCUT2D eigenvalue weighted by Crippen LogP contribution is 2.28. The number of rotatable bonds is 2. The van der Waals surface area contributed by atoms with Gasteiger partial charge in [0.2, 0.25) is 0 Å². The number of nitrogens with zero attached hydrogens (tertiary/aromatic N) is 1. The average Bonchev–Trinajstić information content (AvgIpc) is 2.64. The van der Waals surface area contributed by atoms with Crippen LogP contribution in [0.2, 0.25) is 0 Å². The molecule has 5 heteroatoms. The summed E-state index contributed by atoms with van der Waals surface area (Å²) in [6.45, 7) is 4.74. The number of nitrogens with two attached hydrogens (primary N) is 1. The van der Waals surface area contributed by atoms with Gasteiger partial charge in [0.15, 0.2) is 0 Å². The second-order valence-electron chi connectivity index (χ2n) is 3.61. The highest BCUT2D eigenvalue weighted by molar-refractivity contribution is 7.13. The summed E-state index contributed by atoms with van der Waals surface area (Å²) >= 11 is 1.68.